The number of nitrogens with zero attached hydrogens (tertiary/aromatic N) is 1. The Balaban J connectivity index is 2.01. The molecule has 0 heterocycles. The van der Waals surface area contributed by atoms with Crippen molar-refractivity contribution in [2.75, 3.05) is 6.61 Å². The Labute approximate surface area is 119 Å². The van der Waals surface area contributed by atoms with Crippen LogP contribution in [0, 0.1) is 11.3 Å². The van der Waals surface area contributed by atoms with E-state index in [4.69, 9.17) is 10.00 Å². The third-order valence-electron chi connectivity index (χ3n) is 3.17. The van der Waals surface area contributed by atoms with Gasteiger partial charge in [0.1, 0.15) is 18.5 Å². The maximum absolute atomic E-state index is 10.1. The number of para-hydroxylation sites is 1. The number of nitriles is 1. The highest BCUT2D eigenvalue weighted by Gasteiger charge is 2.09. The first kappa shape index (κ1) is 14.1. The first-order chi connectivity index (χ1) is 9.74. The summed E-state index contributed by atoms with van der Waals surface area (Å²) in [4.78, 5) is 0. The molecule has 1 N–H and O–H groups in total. The summed E-state index contributed by atoms with van der Waals surface area (Å²) >= 11 is 0. The normalized spacial score (nSPS) is 11.7. The van der Waals surface area contributed by atoms with Gasteiger partial charge < -0.3 is 9.84 Å². The number of benzene rings is 2. The Kier molecular flexibility index (Phi) is 4.75. The molecule has 2 aromatic carbocycles. The average Bonchev–Trinajstić information content (AvgIpc) is 2.53. The zero-order chi connectivity index (χ0) is 14.4. The lowest BCUT2D eigenvalue weighted by atomic mass is 10.1. The lowest BCUT2D eigenvalue weighted by Crippen LogP contribution is -2.10. The van der Waals surface area contributed by atoms with Gasteiger partial charge in [-0.3, -0.25) is 0 Å². The molecule has 0 aliphatic rings. The van der Waals surface area contributed by atoms with Gasteiger partial charge >= 0.3 is 0 Å². The van der Waals surface area contributed by atoms with E-state index in [1.807, 2.05) is 24.3 Å². The minimum atomic E-state index is -0.701. The molecule has 3 nitrogen and oxygen atoms in total. The largest absolute Gasteiger partial charge is 0.490 e. The van der Waals surface area contributed by atoms with Crippen molar-refractivity contribution < 1.29 is 9.84 Å². The highest BCUT2D eigenvalue weighted by Crippen LogP contribution is 2.21. The summed E-state index contributed by atoms with van der Waals surface area (Å²) in [5, 5.41) is 18.8. The Morgan fingerprint density at radius 2 is 1.85 bits per heavy atom. The van der Waals surface area contributed by atoms with Gasteiger partial charge in [-0.05, 0) is 35.7 Å². The summed E-state index contributed by atoms with van der Waals surface area (Å²) in [6.45, 7) is 2.27. The second kappa shape index (κ2) is 6.74. The highest BCUT2D eigenvalue weighted by atomic mass is 16.5. The van der Waals surface area contributed by atoms with Crippen molar-refractivity contribution in [3.8, 4) is 11.8 Å². The third-order valence-corrected chi connectivity index (χ3v) is 3.17. The highest BCUT2D eigenvalue weighted by molar-refractivity contribution is 5.34. The summed E-state index contributed by atoms with van der Waals surface area (Å²) in [6.07, 6.45) is 0.191. The smallest absolute Gasteiger partial charge is 0.122 e. The molecular formula is C17H17NO2. The summed E-state index contributed by atoms with van der Waals surface area (Å²) < 4.78 is 5.69. The van der Waals surface area contributed by atoms with E-state index in [9.17, 15) is 5.11 Å². The second-order valence-corrected chi connectivity index (χ2v) is 4.52. The first-order valence-electron chi connectivity index (χ1n) is 6.63. The van der Waals surface area contributed by atoms with Gasteiger partial charge in [0.25, 0.3) is 0 Å². The van der Waals surface area contributed by atoms with Crippen LogP contribution in [-0.2, 0) is 6.42 Å². The lowest BCUT2D eigenvalue weighted by Gasteiger charge is -2.14. The number of aliphatic hydroxyl groups excluding tert-OH is 1. The molecule has 0 radical (unpaired) electrons. The fourth-order valence-corrected chi connectivity index (χ4v) is 1.98. The van der Waals surface area contributed by atoms with Crippen molar-refractivity contribution in [3.05, 3.63) is 65.2 Å². The molecule has 0 aromatic heterocycles. The van der Waals surface area contributed by atoms with E-state index in [0.717, 1.165) is 23.3 Å². The van der Waals surface area contributed by atoms with Crippen LogP contribution in [0.4, 0.5) is 0 Å². The summed E-state index contributed by atoms with van der Waals surface area (Å²) in [6, 6.07) is 16.8. The molecule has 0 amide bonds. The Morgan fingerprint density at radius 1 is 1.15 bits per heavy atom. The number of aryl methyl sites for hydroxylation is 1. The average molecular weight is 267 g/mol. The molecule has 0 spiro atoms. The van der Waals surface area contributed by atoms with Crippen LogP contribution in [0.2, 0.25) is 0 Å². The molecule has 0 aliphatic heterocycles. The molecule has 2 aromatic rings. The van der Waals surface area contributed by atoms with Gasteiger partial charge in [-0.15, -0.1) is 0 Å². The Bertz CT molecular complexity index is 599. The standard InChI is InChI=1S/C17H17NO2/c1-2-14-5-3-4-6-17(14)20-12-16(19)15-9-7-13(11-18)8-10-15/h3-10,16,19H,2,12H2,1H3. The molecule has 0 saturated heterocycles. The van der Waals surface area contributed by atoms with Crippen LogP contribution in [0.15, 0.2) is 48.5 Å². The van der Waals surface area contributed by atoms with Crippen molar-refractivity contribution in [1.29, 1.82) is 5.26 Å². The van der Waals surface area contributed by atoms with Gasteiger partial charge in [0.05, 0.1) is 11.6 Å². The SMILES string of the molecule is CCc1ccccc1OCC(O)c1ccc(C#N)cc1. The molecule has 102 valence electrons. The van der Waals surface area contributed by atoms with E-state index >= 15 is 0 Å². The predicted octanol–water partition coefficient (Wildman–Crippen LogP) is 3.23. The van der Waals surface area contributed by atoms with Crippen molar-refractivity contribution >= 4 is 0 Å². The molecule has 0 fully saturated rings. The van der Waals surface area contributed by atoms with Crippen LogP contribution in [0.3, 0.4) is 0 Å². The number of hydrogen-bond donors (Lipinski definition) is 1. The minimum Gasteiger partial charge on any atom is -0.490 e. The van der Waals surface area contributed by atoms with E-state index in [1.165, 1.54) is 0 Å². The maximum Gasteiger partial charge on any atom is 0.122 e. The summed E-state index contributed by atoms with van der Waals surface area (Å²) in [5.41, 5.74) is 2.45. The van der Waals surface area contributed by atoms with E-state index in [0.29, 0.717) is 5.56 Å². The lowest BCUT2D eigenvalue weighted by molar-refractivity contribution is 0.107. The fraction of sp³-hybridized carbons (Fsp3) is 0.235. The number of aliphatic hydroxyl groups is 1. The van der Waals surface area contributed by atoms with Crippen molar-refractivity contribution in [2.45, 2.75) is 19.4 Å². The summed E-state index contributed by atoms with van der Waals surface area (Å²) in [5.74, 6) is 0.808. The fourth-order valence-electron chi connectivity index (χ4n) is 1.98. The van der Waals surface area contributed by atoms with Crippen LogP contribution in [0.5, 0.6) is 5.75 Å². The van der Waals surface area contributed by atoms with E-state index in [1.54, 1.807) is 24.3 Å². The van der Waals surface area contributed by atoms with Crippen LogP contribution in [0.1, 0.15) is 29.7 Å². The van der Waals surface area contributed by atoms with Crippen LogP contribution >= 0.6 is 0 Å². The third kappa shape index (κ3) is 3.37. The van der Waals surface area contributed by atoms with Gasteiger partial charge in [-0.2, -0.15) is 5.26 Å². The Morgan fingerprint density at radius 3 is 2.50 bits per heavy atom. The van der Waals surface area contributed by atoms with Gasteiger partial charge in [0.2, 0.25) is 0 Å². The molecule has 0 aliphatic carbocycles. The number of ether oxygens (including phenoxy) is 1. The van der Waals surface area contributed by atoms with Gasteiger partial charge in [-0.25, -0.2) is 0 Å². The molecule has 3 heteroatoms. The van der Waals surface area contributed by atoms with Crippen molar-refractivity contribution in [3.63, 3.8) is 0 Å². The molecule has 2 rings (SSSR count). The summed E-state index contributed by atoms with van der Waals surface area (Å²) in [7, 11) is 0. The molecule has 0 bridgehead atoms. The van der Waals surface area contributed by atoms with Gasteiger partial charge in [0, 0.05) is 0 Å². The molecule has 1 unspecified atom stereocenters. The van der Waals surface area contributed by atoms with E-state index in [2.05, 4.69) is 13.0 Å². The Hall–Kier alpha value is -2.31. The van der Waals surface area contributed by atoms with E-state index < -0.39 is 6.10 Å². The minimum absolute atomic E-state index is 0.197. The van der Waals surface area contributed by atoms with Crippen molar-refractivity contribution in [2.24, 2.45) is 0 Å². The second-order valence-electron chi connectivity index (χ2n) is 4.52. The van der Waals surface area contributed by atoms with Gasteiger partial charge in [-0.1, -0.05) is 37.3 Å². The van der Waals surface area contributed by atoms with Crippen molar-refractivity contribution in [1.82, 2.24) is 0 Å². The number of hydrogen-bond acceptors (Lipinski definition) is 3. The van der Waals surface area contributed by atoms with Crippen LogP contribution in [0.25, 0.3) is 0 Å². The molecule has 0 saturated carbocycles. The number of rotatable bonds is 5. The molecule has 20 heavy (non-hydrogen) atoms. The first-order valence-corrected chi connectivity index (χ1v) is 6.63. The topological polar surface area (TPSA) is 53.2 Å². The zero-order valence-electron chi connectivity index (χ0n) is 11.4. The van der Waals surface area contributed by atoms with Crippen LogP contribution in [-0.4, -0.2) is 11.7 Å². The zero-order valence-corrected chi connectivity index (χ0v) is 11.4. The monoisotopic (exact) mass is 267 g/mol. The quantitative estimate of drug-likeness (QED) is 0.904. The van der Waals surface area contributed by atoms with Crippen LogP contribution < -0.4 is 4.74 Å². The molecule has 1 atom stereocenters. The maximum atomic E-state index is 10.1. The molecular weight excluding hydrogens is 250 g/mol. The predicted molar refractivity (Wildman–Crippen MR) is 77.4 cm³/mol. The van der Waals surface area contributed by atoms with E-state index in [-0.39, 0.29) is 6.61 Å². The van der Waals surface area contributed by atoms with Gasteiger partial charge in [0.15, 0.2) is 0 Å².